The van der Waals surface area contributed by atoms with Crippen LogP contribution in [0.3, 0.4) is 0 Å². The number of aromatic nitrogens is 3. The van der Waals surface area contributed by atoms with E-state index in [1.54, 1.807) is 23.0 Å². The van der Waals surface area contributed by atoms with E-state index < -0.39 is 0 Å². The third-order valence-corrected chi connectivity index (χ3v) is 5.88. The lowest BCUT2D eigenvalue weighted by Gasteiger charge is -2.40. The predicted molar refractivity (Wildman–Crippen MR) is 95.3 cm³/mol. The van der Waals surface area contributed by atoms with Crippen LogP contribution in [-0.4, -0.2) is 74.5 Å². The number of piperazine rings is 1. The topological polar surface area (TPSA) is 83.4 Å². The summed E-state index contributed by atoms with van der Waals surface area (Å²) < 4.78 is 1.84. The molecule has 0 radical (unpaired) electrons. The van der Waals surface area contributed by atoms with Gasteiger partial charge in [-0.3, -0.25) is 4.79 Å². The Hall–Kier alpha value is -1.77. The fourth-order valence-electron chi connectivity index (χ4n) is 3.45. The molecule has 0 atom stereocenters. The van der Waals surface area contributed by atoms with Crippen molar-refractivity contribution in [3.05, 3.63) is 6.33 Å². The van der Waals surface area contributed by atoms with Gasteiger partial charge in [-0.15, -0.1) is 10.2 Å². The molecule has 9 heteroatoms. The van der Waals surface area contributed by atoms with Crippen LogP contribution in [0, 0.1) is 0 Å². The lowest BCUT2D eigenvalue weighted by Crippen LogP contribution is -2.57. The van der Waals surface area contributed by atoms with Crippen LogP contribution in [0.2, 0.25) is 0 Å². The number of amides is 3. The molecule has 2 heterocycles. The summed E-state index contributed by atoms with van der Waals surface area (Å²) in [7, 11) is 1.89. The fourth-order valence-corrected chi connectivity index (χ4v) is 4.20. The minimum absolute atomic E-state index is 0.0850. The van der Waals surface area contributed by atoms with Crippen molar-refractivity contribution in [2.75, 3.05) is 31.9 Å². The second-order valence-corrected chi connectivity index (χ2v) is 7.67. The van der Waals surface area contributed by atoms with E-state index in [1.165, 1.54) is 19.3 Å². The van der Waals surface area contributed by atoms with Gasteiger partial charge in [-0.2, -0.15) is 0 Å². The summed E-state index contributed by atoms with van der Waals surface area (Å²) >= 11 is 1.54. The van der Waals surface area contributed by atoms with E-state index in [2.05, 4.69) is 15.5 Å². The van der Waals surface area contributed by atoms with Gasteiger partial charge in [0.25, 0.3) is 0 Å². The Morgan fingerprint density at radius 3 is 2.80 bits per heavy atom. The maximum Gasteiger partial charge on any atom is 0.317 e. The lowest BCUT2D eigenvalue weighted by atomic mass is 9.93. The number of hydrogen-bond acceptors (Lipinski definition) is 5. The number of nitrogens with zero attached hydrogens (tertiary/aromatic N) is 5. The highest BCUT2D eigenvalue weighted by Crippen LogP contribution is 2.24. The van der Waals surface area contributed by atoms with Gasteiger partial charge in [-0.1, -0.05) is 31.0 Å². The molecule has 1 aromatic rings. The molecule has 1 aliphatic carbocycles. The van der Waals surface area contributed by atoms with Crippen LogP contribution in [0.15, 0.2) is 11.5 Å². The summed E-state index contributed by atoms with van der Waals surface area (Å²) in [6.07, 6.45) is 7.57. The molecule has 0 unspecified atom stereocenters. The van der Waals surface area contributed by atoms with E-state index in [0.29, 0.717) is 31.4 Å². The molecule has 138 valence electrons. The molecular weight excluding hydrogens is 340 g/mol. The molecule has 8 nitrogen and oxygen atoms in total. The highest BCUT2D eigenvalue weighted by Gasteiger charge is 2.32. The predicted octanol–water partition coefficient (Wildman–Crippen LogP) is 1.09. The van der Waals surface area contributed by atoms with Gasteiger partial charge in [0.15, 0.2) is 5.16 Å². The molecule has 2 fully saturated rings. The minimum Gasteiger partial charge on any atom is -0.337 e. The van der Waals surface area contributed by atoms with Crippen molar-refractivity contribution in [3.8, 4) is 0 Å². The zero-order chi connectivity index (χ0) is 17.6. The average Bonchev–Trinajstić information content (AvgIpc) is 3.04. The number of thioether (sulfide) groups is 1. The molecule has 2 aliphatic rings. The van der Waals surface area contributed by atoms with Crippen molar-refractivity contribution in [1.29, 1.82) is 0 Å². The van der Waals surface area contributed by atoms with Crippen molar-refractivity contribution in [1.82, 2.24) is 29.9 Å². The first-order valence-corrected chi connectivity index (χ1v) is 9.93. The summed E-state index contributed by atoms with van der Waals surface area (Å²) in [5, 5.41) is 11.5. The Morgan fingerprint density at radius 1 is 1.32 bits per heavy atom. The molecule has 3 rings (SSSR count). The Kier molecular flexibility index (Phi) is 6.17. The summed E-state index contributed by atoms with van der Waals surface area (Å²) in [5.41, 5.74) is 0. The standard InChI is InChI=1S/C16H26N6O2S/c1-20-12-18-19-16(20)25-10-7-17-15(24)21-8-9-22(14(23)11-21)13-5-3-2-4-6-13/h12-13H,2-11H2,1H3,(H,17,24). The van der Waals surface area contributed by atoms with Gasteiger partial charge in [-0.05, 0) is 12.8 Å². The Bertz CT molecular complexity index is 601. The van der Waals surface area contributed by atoms with Crippen LogP contribution >= 0.6 is 11.8 Å². The summed E-state index contributed by atoms with van der Waals surface area (Å²) in [5.74, 6) is 0.801. The number of carbonyl (C=O) groups excluding carboxylic acids is 2. The largest absolute Gasteiger partial charge is 0.337 e. The molecule has 1 N–H and O–H groups in total. The molecule has 0 bridgehead atoms. The number of carbonyl (C=O) groups is 2. The lowest BCUT2D eigenvalue weighted by molar-refractivity contribution is -0.138. The van der Waals surface area contributed by atoms with Crippen molar-refractivity contribution in [3.63, 3.8) is 0 Å². The van der Waals surface area contributed by atoms with E-state index in [9.17, 15) is 9.59 Å². The molecule has 1 saturated heterocycles. The number of hydrogen-bond donors (Lipinski definition) is 1. The minimum atomic E-state index is -0.157. The van der Waals surface area contributed by atoms with Gasteiger partial charge in [0.05, 0.1) is 0 Å². The number of urea groups is 1. The molecule has 1 aliphatic heterocycles. The molecule has 0 spiro atoms. The van der Waals surface area contributed by atoms with E-state index in [1.807, 2.05) is 16.5 Å². The van der Waals surface area contributed by atoms with Crippen LogP contribution in [0.5, 0.6) is 0 Å². The average molecular weight is 366 g/mol. The van der Waals surface area contributed by atoms with E-state index in [4.69, 9.17) is 0 Å². The SMILES string of the molecule is Cn1cnnc1SCCNC(=O)N1CCN(C2CCCCC2)C(=O)C1. The van der Waals surface area contributed by atoms with Crippen molar-refractivity contribution in [2.45, 2.75) is 43.3 Å². The number of nitrogens with one attached hydrogen (secondary N) is 1. The molecule has 25 heavy (non-hydrogen) atoms. The van der Waals surface area contributed by atoms with Gasteiger partial charge < -0.3 is 19.7 Å². The molecule has 0 aromatic carbocycles. The van der Waals surface area contributed by atoms with Crippen molar-refractivity contribution >= 4 is 23.7 Å². The summed E-state index contributed by atoms with van der Waals surface area (Å²) in [4.78, 5) is 28.3. The molecule has 3 amide bonds. The summed E-state index contributed by atoms with van der Waals surface area (Å²) in [6.45, 7) is 2.00. The highest BCUT2D eigenvalue weighted by atomic mass is 32.2. The van der Waals surface area contributed by atoms with Gasteiger partial charge >= 0.3 is 6.03 Å². The third kappa shape index (κ3) is 4.65. The quantitative estimate of drug-likeness (QED) is 0.623. The van der Waals surface area contributed by atoms with Gasteiger partial charge in [0.2, 0.25) is 5.91 Å². The number of rotatable bonds is 5. The third-order valence-electron chi connectivity index (χ3n) is 4.84. The molecule has 1 aromatic heterocycles. The van der Waals surface area contributed by atoms with Crippen LogP contribution in [-0.2, 0) is 11.8 Å². The maximum absolute atomic E-state index is 12.4. The Labute approximate surface area is 152 Å². The molecule has 1 saturated carbocycles. The van der Waals surface area contributed by atoms with Gasteiger partial charge in [0, 0.05) is 38.5 Å². The van der Waals surface area contributed by atoms with Crippen LogP contribution in [0.1, 0.15) is 32.1 Å². The zero-order valence-electron chi connectivity index (χ0n) is 14.7. The fraction of sp³-hybridized carbons (Fsp3) is 0.750. The highest BCUT2D eigenvalue weighted by molar-refractivity contribution is 7.99. The van der Waals surface area contributed by atoms with Crippen LogP contribution in [0.25, 0.3) is 0 Å². The van der Waals surface area contributed by atoms with Crippen LogP contribution in [0.4, 0.5) is 4.79 Å². The van der Waals surface area contributed by atoms with Gasteiger partial charge in [0.1, 0.15) is 12.9 Å². The van der Waals surface area contributed by atoms with Crippen molar-refractivity contribution in [2.24, 2.45) is 7.05 Å². The van der Waals surface area contributed by atoms with Crippen molar-refractivity contribution < 1.29 is 9.59 Å². The Morgan fingerprint density at radius 2 is 2.12 bits per heavy atom. The monoisotopic (exact) mass is 366 g/mol. The van der Waals surface area contributed by atoms with E-state index in [0.717, 1.165) is 18.0 Å². The maximum atomic E-state index is 12.4. The van der Waals surface area contributed by atoms with Gasteiger partial charge in [-0.25, -0.2) is 4.79 Å². The second-order valence-electron chi connectivity index (χ2n) is 6.61. The number of aryl methyl sites for hydroxylation is 1. The first kappa shape index (κ1) is 18.0. The second kappa shape index (κ2) is 8.55. The van der Waals surface area contributed by atoms with Crippen LogP contribution < -0.4 is 5.32 Å². The van der Waals surface area contributed by atoms with E-state index >= 15 is 0 Å². The molecular formula is C16H26N6O2S. The smallest absolute Gasteiger partial charge is 0.317 e. The Balaban J connectivity index is 1.38. The normalized spacial score (nSPS) is 19.3. The van der Waals surface area contributed by atoms with E-state index in [-0.39, 0.29) is 18.5 Å². The zero-order valence-corrected chi connectivity index (χ0v) is 15.5. The summed E-state index contributed by atoms with van der Waals surface area (Å²) in [6, 6.07) is 0.226. The first-order chi connectivity index (χ1) is 12.1. The first-order valence-electron chi connectivity index (χ1n) is 8.94.